The van der Waals surface area contributed by atoms with E-state index in [0.717, 1.165) is 6.42 Å². The van der Waals surface area contributed by atoms with E-state index in [1.165, 1.54) is 29.4 Å². The first-order valence-corrected chi connectivity index (χ1v) is 6.77. The van der Waals surface area contributed by atoms with Gasteiger partial charge in [0.2, 0.25) is 0 Å². The largest absolute Gasteiger partial charge is 0.427 e. The van der Waals surface area contributed by atoms with Crippen molar-refractivity contribution >= 4 is 12.9 Å². The Balaban J connectivity index is 2.10. The van der Waals surface area contributed by atoms with Gasteiger partial charge in [-0.2, -0.15) is 0 Å². The normalized spacial score (nSPS) is 15.6. The van der Waals surface area contributed by atoms with Crippen LogP contribution in [0.1, 0.15) is 45.2 Å². The molecule has 1 aromatic carbocycles. The van der Waals surface area contributed by atoms with Crippen molar-refractivity contribution < 1.29 is 9.76 Å². The Hall–Kier alpha value is -0.795. The highest BCUT2D eigenvalue weighted by Gasteiger charge is 2.35. The molecule has 0 atom stereocenters. The number of hydrogen-bond donors (Lipinski definition) is 1. The van der Waals surface area contributed by atoms with Crippen molar-refractivity contribution in [1.82, 2.24) is 0 Å². The predicted molar refractivity (Wildman–Crippen MR) is 76.7 cm³/mol. The smallest absolute Gasteiger partial charge is 0.309 e. The quantitative estimate of drug-likeness (QED) is 0.819. The monoisotopic (exact) mass is 246 g/mol. The summed E-state index contributed by atoms with van der Waals surface area (Å²) in [6, 6.07) is 6.47. The van der Waals surface area contributed by atoms with Crippen LogP contribution in [-0.4, -0.2) is 23.8 Å². The first-order valence-electron chi connectivity index (χ1n) is 6.77. The number of benzene rings is 1. The summed E-state index contributed by atoms with van der Waals surface area (Å²) in [5.41, 5.74) is 2.82. The highest BCUT2D eigenvalue weighted by molar-refractivity contribution is 6.47. The Kier molecular flexibility index (Phi) is 3.57. The summed E-state index contributed by atoms with van der Waals surface area (Å²) in [6.07, 6.45) is 3.61. The molecule has 0 saturated heterocycles. The summed E-state index contributed by atoms with van der Waals surface area (Å²) in [5.74, 6) is 0. The van der Waals surface area contributed by atoms with Crippen LogP contribution in [0, 0.1) is 0 Å². The van der Waals surface area contributed by atoms with E-state index in [9.17, 15) is 5.11 Å². The van der Waals surface area contributed by atoms with Crippen molar-refractivity contribution in [3.05, 3.63) is 29.3 Å². The number of fused-ring (bicyclic) bond motifs is 1. The fourth-order valence-corrected chi connectivity index (χ4v) is 2.27. The topological polar surface area (TPSA) is 29.5 Å². The summed E-state index contributed by atoms with van der Waals surface area (Å²) < 4.78 is 5.96. The van der Waals surface area contributed by atoms with Gasteiger partial charge in [0.05, 0.1) is 11.2 Å². The minimum Gasteiger partial charge on any atom is -0.427 e. The van der Waals surface area contributed by atoms with Gasteiger partial charge in [0.25, 0.3) is 0 Å². The van der Waals surface area contributed by atoms with E-state index in [2.05, 4.69) is 18.2 Å². The molecule has 0 saturated carbocycles. The molecule has 0 heterocycles. The number of hydrogen-bond acceptors (Lipinski definition) is 2. The first-order chi connectivity index (χ1) is 8.31. The third-order valence-corrected chi connectivity index (χ3v) is 4.30. The summed E-state index contributed by atoms with van der Waals surface area (Å²) in [6.45, 7) is 7.47. The molecule has 0 unspecified atom stereocenters. The van der Waals surface area contributed by atoms with E-state index in [4.69, 9.17) is 4.65 Å². The van der Waals surface area contributed by atoms with Crippen LogP contribution in [0.5, 0.6) is 0 Å². The van der Waals surface area contributed by atoms with Crippen LogP contribution in [0.15, 0.2) is 18.2 Å². The third-order valence-electron chi connectivity index (χ3n) is 4.30. The lowest BCUT2D eigenvalue weighted by molar-refractivity contribution is -0.0893. The Morgan fingerprint density at radius 3 is 2.56 bits per heavy atom. The average molecular weight is 246 g/mol. The molecule has 98 valence electrons. The van der Waals surface area contributed by atoms with Crippen molar-refractivity contribution in [2.24, 2.45) is 0 Å². The van der Waals surface area contributed by atoms with E-state index in [0.29, 0.717) is 7.48 Å². The fourth-order valence-electron chi connectivity index (χ4n) is 2.27. The van der Waals surface area contributed by atoms with Crippen molar-refractivity contribution in [3.8, 4) is 0 Å². The maximum absolute atomic E-state index is 10.1. The molecule has 0 spiro atoms. The fraction of sp³-hybridized carbons (Fsp3) is 0.600. The molecule has 0 radical (unpaired) electrons. The summed E-state index contributed by atoms with van der Waals surface area (Å²) in [5, 5.41) is 10.1. The van der Waals surface area contributed by atoms with Crippen LogP contribution in [0.4, 0.5) is 0 Å². The van der Waals surface area contributed by atoms with Crippen LogP contribution < -0.4 is 5.46 Å². The standard InChI is InChI=1S/C15H23BO2/c1-14(2,17)15(3,4)18-16-13-10-6-8-11-7-5-9-12(11)13/h6,8,10,16-17H,5,7,9H2,1-4H3. The third kappa shape index (κ3) is 2.62. The van der Waals surface area contributed by atoms with Crippen LogP contribution in [0.3, 0.4) is 0 Å². The van der Waals surface area contributed by atoms with Gasteiger partial charge in [-0.05, 0) is 63.5 Å². The lowest BCUT2D eigenvalue weighted by Crippen LogP contribution is -2.49. The Bertz CT molecular complexity index is 433. The molecule has 1 N–H and O–H groups in total. The zero-order valence-corrected chi connectivity index (χ0v) is 11.9. The number of rotatable bonds is 4. The Morgan fingerprint density at radius 2 is 1.89 bits per heavy atom. The van der Waals surface area contributed by atoms with E-state index in [1.807, 2.05) is 13.8 Å². The molecule has 1 aliphatic rings. The minimum absolute atomic E-state index is 0.547. The number of aryl methyl sites for hydroxylation is 1. The summed E-state index contributed by atoms with van der Waals surface area (Å²) >= 11 is 0. The van der Waals surface area contributed by atoms with E-state index in [1.54, 1.807) is 13.8 Å². The van der Waals surface area contributed by atoms with Crippen molar-refractivity contribution in [2.75, 3.05) is 0 Å². The SMILES string of the molecule is CC(C)(O)C(C)(C)OBc1cccc2c1CCC2. The predicted octanol–water partition coefficient (Wildman–Crippen LogP) is 1.72. The molecule has 0 bridgehead atoms. The van der Waals surface area contributed by atoms with Gasteiger partial charge in [-0.15, -0.1) is 0 Å². The molecule has 0 fully saturated rings. The molecule has 0 aromatic heterocycles. The molecular weight excluding hydrogens is 223 g/mol. The first kappa shape index (κ1) is 13.6. The highest BCUT2D eigenvalue weighted by atomic mass is 16.5. The zero-order chi connectivity index (χ0) is 13.4. The number of aliphatic hydroxyl groups is 1. The van der Waals surface area contributed by atoms with Gasteiger partial charge in [0.1, 0.15) is 0 Å². The molecule has 0 aliphatic heterocycles. The van der Waals surface area contributed by atoms with Crippen molar-refractivity contribution in [3.63, 3.8) is 0 Å². The molecule has 18 heavy (non-hydrogen) atoms. The van der Waals surface area contributed by atoms with Crippen LogP contribution in [-0.2, 0) is 17.5 Å². The minimum atomic E-state index is -0.842. The van der Waals surface area contributed by atoms with Crippen molar-refractivity contribution in [1.29, 1.82) is 0 Å². The maximum Gasteiger partial charge on any atom is 0.309 e. The summed E-state index contributed by atoms with van der Waals surface area (Å²) in [4.78, 5) is 0. The molecule has 3 heteroatoms. The molecular formula is C15H23BO2. The average Bonchev–Trinajstić information content (AvgIpc) is 2.73. The maximum atomic E-state index is 10.1. The second kappa shape index (κ2) is 4.71. The molecule has 2 rings (SSSR count). The van der Waals surface area contributed by atoms with Gasteiger partial charge in [-0.1, -0.05) is 18.2 Å². The van der Waals surface area contributed by atoms with E-state index >= 15 is 0 Å². The highest BCUT2D eigenvalue weighted by Crippen LogP contribution is 2.25. The Morgan fingerprint density at radius 1 is 1.17 bits per heavy atom. The van der Waals surface area contributed by atoms with Gasteiger partial charge in [0.15, 0.2) is 0 Å². The van der Waals surface area contributed by atoms with Gasteiger partial charge in [-0.25, -0.2) is 0 Å². The molecule has 1 aliphatic carbocycles. The Labute approximate surface area is 111 Å². The second-order valence-corrected chi connectivity index (χ2v) is 6.27. The zero-order valence-electron chi connectivity index (χ0n) is 11.9. The van der Waals surface area contributed by atoms with Gasteiger partial charge >= 0.3 is 7.48 Å². The molecule has 0 amide bonds. The van der Waals surface area contributed by atoms with E-state index < -0.39 is 11.2 Å². The second-order valence-electron chi connectivity index (χ2n) is 6.27. The van der Waals surface area contributed by atoms with Gasteiger partial charge in [-0.3, -0.25) is 0 Å². The lowest BCUT2D eigenvalue weighted by atomic mass is 9.79. The van der Waals surface area contributed by atoms with E-state index in [-0.39, 0.29) is 0 Å². The lowest BCUT2D eigenvalue weighted by Gasteiger charge is -2.37. The molecule has 1 aromatic rings. The van der Waals surface area contributed by atoms with Crippen molar-refractivity contribution in [2.45, 2.75) is 58.2 Å². The van der Waals surface area contributed by atoms with Crippen LogP contribution in [0.2, 0.25) is 0 Å². The molecule has 2 nitrogen and oxygen atoms in total. The summed E-state index contributed by atoms with van der Waals surface area (Å²) in [7, 11) is 0.583. The van der Waals surface area contributed by atoms with Crippen LogP contribution in [0.25, 0.3) is 0 Å². The van der Waals surface area contributed by atoms with Gasteiger partial charge < -0.3 is 9.76 Å². The van der Waals surface area contributed by atoms with Gasteiger partial charge in [0, 0.05) is 0 Å². The van der Waals surface area contributed by atoms with Crippen LogP contribution >= 0.6 is 0 Å².